The van der Waals surface area contributed by atoms with Gasteiger partial charge in [0.1, 0.15) is 29.8 Å². The Bertz CT molecular complexity index is 3040. The summed E-state index contributed by atoms with van der Waals surface area (Å²) in [6.07, 6.45) is 4.96. The molecule has 11 N–H and O–H groups in total. The third-order valence-electron chi connectivity index (χ3n) is 13.4. The first-order valence-electron chi connectivity index (χ1n) is 30.8. The molecule has 2 aliphatic heterocycles. The first kappa shape index (κ1) is 78.1. The first-order chi connectivity index (χ1) is 44.4. The molecular formula is C64H88N12O18. The Morgan fingerprint density at radius 2 is 0.777 bits per heavy atom. The summed E-state index contributed by atoms with van der Waals surface area (Å²) in [5, 5.41) is 34.2. The molecule has 2 aromatic carbocycles. The number of esters is 1. The van der Waals surface area contributed by atoms with E-state index < -0.39 is 144 Å². The maximum atomic E-state index is 13.5. The number of ether oxygens (including phenoxy) is 1. The summed E-state index contributed by atoms with van der Waals surface area (Å²) in [7, 11) is 0. The smallest absolute Gasteiger partial charge is 0.306 e. The first-order valence-corrected chi connectivity index (χ1v) is 30.8. The molecular weight excluding hydrogens is 1220 g/mol. The van der Waals surface area contributed by atoms with Gasteiger partial charge in [0.05, 0.1) is 39.0 Å². The van der Waals surface area contributed by atoms with Gasteiger partial charge in [0.15, 0.2) is 0 Å². The number of benzene rings is 2. The van der Waals surface area contributed by atoms with Crippen LogP contribution in [0.1, 0.15) is 111 Å². The molecule has 0 saturated carbocycles. The highest BCUT2D eigenvalue weighted by Gasteiger charge is 2.31. The lowest BCUT2D eigenvalue weighted by molar-refractivity contribution is -0.155. The van der Waals surface area contributed by atoms with Crippen LogP contribution in [0.25, 0.3) is 0 Å². The Kier molecular flexibility index (Phi) is 33.8. The monoisotopic (exact) mass is 1310 g/mol. The van der Waals surface area contributed by atoms with Crippen LogP contribution in [0.15, 0.2) is 85.0 Å². The second-order valence-electron chi connectivity index (χ2n) is 23.7. The van der Waals surface area contributed by atoms with Crippen molar-refractivity contribution in [2.24, 2.45) is 11.8 Å². The van der Waals surface area contributed by atoms with E-state index in [2.05, 4.69) is 53.2 Å². The number of nitrogens with one attached hydrogen (secondary N) is 10. The summed E-state index contributed by atoms with van der Waals surface area (Å²) in [4.78, 5) is 198. The second kappa shape index (κ2) is 40.6. The van der Waals surface area contributed by atoms with Gasteiger partial charge in [-0.15, -0.1) is 0 Å². The predicted octanol–water partition coefficient (Wildman–Crippen LogP) is -1.20. The van der Waals surface area contributed by atoms with Gasteiger partial charge in [-0.3, -0.25) is 86.5 Å². The van der Waals surface area contributed by atoms with Crippen molar-refractivity contribution < 1.29 is 86.6 Å². The third-order valence-corrected chi connectivity index (χ3v) is 13.4. The lowest BCUT2D eigenvalue weighted by atomic mass is 10.0. The van der Waals surface area contributed by atoms with Crippen LogP contribution < -0.4 is 53.2 Å². The van der Waals surface area contributed by atoms with E-state index in [1.54, 1.807) is 81.4 Å². The number of carboxylic acids is 1. The minimum atomic E-state index is -1.15. The van der Waals surface area contributed by atoms with E-state index in [-0.39, 0.29) is 96.1 Å². The number of carboxylic acid groups (broad SMARTS) is 1. The highest BCUT2D eigenvalue weighted by molar-refractivity contribution is 6.13. The second-order valence-corrected chi connectivity index (χ2v) is 23.7. The van der Waals surface area contributed by atoms with Gasteiger partial charge >= 0.3 is 11.9 Å². The van der Waals surface area contributed by atoms with Crippen LogP contribution in [0, 0.1) is 11.8 Å². The standard InChI is InChI=1S/C34H48N6O9.C30H40N6O9/c1-22(2)18-24(32(47)37-20-27(42)35-16-9-17-40-29(44)13-14-30(40)45)39-33(48)25(19-23-10-7-6-8-11-23)38-28(43)21-36-26(41)12-15-31(46)49-34(3,4)5;1-19(2)15-21(29(44)33-17-24(38)31-13-6-14-36-26(40)10-11-27(36)41)35-30(45)22(16-20-7-4-3-5-8-20)34-25(39)18-32-23(37)9-12-28(42)43/h6-8,10-11,13-14,22,24-25H,9,12,15-21H2,1-5H3,(H,35,42)(H,36,41)(H,37,47)(H,38,43)(H,39,48);3-5,7-8,10-11,19,21-22H,6,9,12-18H2,1-2H3,(H,31,38)(H,32,37)(H,33,44)(H,34,39)(H,35,45)(H,42,43)/t24-,25-;21-,22-/m00/s1. The number of imide groups is 2. The lowest BCUT2D eigenvalue weighted by Gasteiger charge is -2.24. The Morgan fingerprint density at radius 1 is 0.426 bits per heavy atom. The fraction of sp³-hybridized carbons (Fsp3) is 0.500. The zero-order valence-electron chi connectivity index (χ0n) is 54.1. The van der Waals surface area contributed by atoms with Crippen LogP contribution in [0.2, 0.25) is 0 Å². The van der Waals surface area contributed by atoms with E-state index in [0.717, 1.165) is 20.9 Å². The van der Waals surface area contributed by atoms with Gasteiger partial charge in [-0.25, -0.2) is 0 Å². The summed E-state index contributed by atoms with van der Waals surface area (Å²) in [6, 6.07) is 13.5. The number of nitrogens with zero attached hydrogens (tertiary/aromatic N) is 2. The quantitative estimate of drug-likeness (QED) is 0.0214. The van der Waals surface area contributed by atoms with Gasteiger partial charge in [0, 0.05) is 76.2 Å². The Hall–Kier alpha value is -10.2. The maximum Gasteiger partial charge on any atom is 0.306 e. The largest absolute Gasteiger partial charge is 0.481 e. The molecule has 30 nitrogen and oxygen atoms in total. The molecule has 0 aromatic heterocycles. The molecule has 2 heterocycles. The number of aliphatic carboxylic acids is 1. The minimum absolute atomic E-state index is 0.0200. The number of amides is 14. The van der Waals surface area contributed by atoms with Crippen molar-refractivity contribution in [3.05, 3.63) is 96.1 Å². The molecule has 14 amide bonds. The molecule has 512 valence electrons. The lowest BCUT2D eigenvalue weighted by Crippen LogP contribution is -2.56. The van der Waals surface area contributed by atoms with E-state index in [0.29, 0.717) is 12.8 Å². The Morgan fingerprint density at radius 3 is 1.12 bits per heavy atom. The van der Waals surface area contributed by atoms with E-state index in [1.165, 1.54) is 24.3 Å². The van der Waals surface area contributed by atoms with Gasteiger partial charge in [-0.2, -0.15) is 0 Å². The molecule has 0 saturated heterocycles. The number of rotatable bonds is 38. The molecule has 0 spiro atoms. The molecule has 2 aromatic rings. The predicted molar refractivity (Wildman–Crippen MR) is 338 cm³/mol. The van der Waals surface area contributed by atoms with Crippen LogP contribution in [-0.4, -0.2) is 192 Å². The molecule has 0 unspecified atom stereocenters. The summed E-state index contributed by atoms with van der Waals surface area (Å²) in [5.41, 5.74) is 0.769. The summed E-state index contributed by atoms with van der Waals surface area (Å²) in [6.45, 7) is 11.5. The van der Waals surface area contributed by atoms with Crippen molar-refractivity contribution in [1.29, 1.82) is 0 Å². The number of hydrogen-bond acceptors (Lipinski definition) is 17. The number of carbonyl (C=O) groups is 16. The van der Waals surface area contributed by atoms with Gasteiger partial charge in [-0.05, 0) is 69.4 Å². The van der Waals surface area contributed by atoms with Crippen molar-refractivity contribution in [2.75, 3.05) is 52.4 Å². The SMILES string of the molecule is CC(C)C[C@H](NC(=O)[C@H](Cc1ccccc1)NC(=O)CNC(=O)CCC(=O)O)C(=O)NCC(=O)NCCCN1C(=O)C=CC1=O.CC(C)C[C@H](NC(=O)[C@H](Cc1ccccc1)NC(=O)CNC(=O)CCC(=O)OC(C)(C)C)C(=O)NCC(=O)NCCCN1C(=O)C=CC1=O. The number of hydrogen-bond donors (Lipinski definition) is 11. The fourth-order valence-corrected chi connectivity index (χ4v) is 8.86. The molecule has 0 radical (unpaired) electrons. The normalized spacial score (nSPS) is 13.7. The maximum absolute atomic E-state index is 13.5. The van der Waals surface area contributed by atoms with Crippen molar-refractivity contribution in [1.82, 2.24) is 63.0 Å². The molecule has 30 heteroatoms. The zero-order chi connectivity index (χ0) is 69.9. The summed E-state index contributed by atoms with van der Waals surface area (Å²) in [5.74, 6) is -9.43. The van der Waals surface area contributed by atoms with E-state index in [9.17, 15) is 76.7 Å². The van der Waals surface area contributed by atoms with E-state index >= 15 is 0 Å². The molecule has 94 heavy (non-hydrogen) atoms. The Labute approximate surface area is 545 Å². The molecule has 0 aliphatic carbocycles. The van der Waals surface area contributed by atoms with Gasteiger partial charge in [0.25, 0.3) is 23.6 Å². The van der Waals surface area contributed by atoms with Crippen LogP contribution >= 0.6 is 0 Å². The van der Waals surface area contributed by atoms with Crippen LogP contribution in [0.4, 0.5) is 0 Å². The van der Waals surface area contributed by atoms with Crippen molar-refractivity contribution in [3.8, 4) is 0 Å². The van der Waals surface area contributed by atoms with Crippen LogP contribution in [0.3, 0.4) is 0 Å². The van der Waals surface area contributed by atoms with E-state index in [4.69, 9.17) is 9.84 Å². The molecule has 0 fully saturated rings. The van der Waals surface area contributed by atoms with E-state index in [1.807, 2.05) is 27.7 Å². The van der Waals surface area contributed by atoms with Crippen molar-refractivity contribution >= 4 is 94.6 Å². The molecule has 0 bridgehead atoms. The summed E-state index contributed by atoms with van der Waals surface area (Å²) >= 11 is 0. The third kappa shape index (κ3) is 32.2. The average molecular weight is 1310 g/mol. The Balaban J connectivity index is 0.000000492. The van der Waals surface area contributed by atoms with Crippen molar-refractivity contribution in [2.45, 2.75) is 142 Å². The molecule has 4 atom stereocenters. The van der Waals surface area contributed by atoms with Gasteiger partial charge in [0.2, 0.25) is 59.1 Å². The number of carbonyl (C=O) groups excluding carboxylic acids is 15. The van der Waals surface area contributed by atoms with Crippen LogP contribution in [-0.2, 0) is 94.3 Å². The van der Waals surface area contributed by atoms with Crippen molar-refractivity contribution in [3.63, 3.8) is 0 Å². The minimum Gasteiger partial charge on any atom is -0.481 e. The fourth-order valence-electron chi connectivity index (χ4n) is 8.86. The van der Waals surface area contributed by atoms with Gasteiger partial charge in [-0.1, -0.05) is 88.4 Å². The topological polar surface area (TPSA) is 429 Å². The molecule has 4 rings (SSSR count). The van der Waals surface area contributed by atoms with Gasteiger partial charge < -0.3 is 63.0 Å². The zero-order valence-corrected chi connectivity index (χ0v) is 54.1. The summed E-state index contributed by atoms with van der Waals surface area (Å²) < 4.78 is 5.18. The highest BCUT2D eigenvalue weighted by Crippen LogP contribution is 2.13. The highest BCUT2D eigenvalue weighted by atomic mass is 16.6. The van der Waals surface area contributed by atoms with Crippen LogP contribution in [0.5, 0.6) is 0 Å². The average Bonchev–Trinajstić information content (AvgIpc) is 1.23. The molecule has 2 aliphatic rings.